The quantitative estimate of drug-likeness (QED) is 0.848. The first-order valence-corrected chi connectivity index (χ1v) is 7.94. The molecular formula is C19H21NO4. The molecule has 0 unspecified atom stereocenters. The van der Waals surface area contributed by atoms with Crippen molar-refractivity contribution in [2.24, 2.45) is 5.73 Å². The van der Waals surface area contributed by atoms with Crippen LogP contribution in [0.2, 0.25) is 0 Å². The van der Waals surface area contributed by atoms with Gasteiger partial charge in [-0.15, -0.1) is 0 Å². The number of hydrogen-bond donors (Lipinski definition) is 1. The van der Waals surface area contributed by atoms with Crippen molar-refractivity contribution >= 4 is 5.91 Å². The Kier molecular flexibility index (Phi) is 5.01. The Morgan fingerprint density at radius 2 is 2.04 bits per heavy atom. The molecule has 2 aromatic rings. The molecule has 0 spiro atoms. The molecule has 0 atom stereocenters. The van der Waals surface area contributed by atoms with Gasteiger partial charge in [-0.3, -0.25) is 4.79 Å². The van der Waals surface area contributed by atoms with Gasteiger partial charge in [0.05, 0.1) is 26.9 Å². The number of methoxy groups -OCH3 is 1. The summed E-state index contributed by atoms with van der Waals surface area (Å²) in [5.74, 6) is 1.13. The van der Waals surface area contributed by atoms with Crippen molar-refractivity contribution in [3.8, 4) is 11.5 Å². The summed E-state index contributed by atoms with van der Waals surface area (Å²) in [5, 5.41) is 0. The molecule has 0 aliphatic carbocycles. The van der Waals surface area contributed by atoms with Gasteiger partial charge in [0.15, 0.2) is 11.5 Å². The Morgan fingerprint density at radius 3 is 2.71 bits per heavy atom. The van der Waals surface area contributed by atoms with E-state index >= 15 is 0 Å². The Bertz CT molecular complexity index is 725. The largest absolute Gasteiger partial charge is 0.493 e. The highest BCUT2D eigenvalue weighted by atomic mass is 16.5. The second-order valence-electron chi connectivity index (χ2n) is 5.81. The number of carbonyl (C=O) groups is 1. The first kappa shape index (κ1) is 16.3. The SMILES string of the molecule is COc1ccc(C(N)=O)cc1OCCc1cccc(C2COC2)c1. The van der Waals surface area contributed by atoms with Gasteiger partial charge < -0.3 is 19.9 Å². The minimum atomic E-state index is -0.488. The second-order valence-corrected chi connectivity index (χ2v) is 5.81. The van der Waals surface area contributed by atoms with Crippen molar-refractivity contribution in [3.05, 3.63) is 59.2 Å². The van der Waals surface area contributed by atoms with Crippen LogP contribution >= 0.6 is 0 Å². The van der Waals surface area contributed by atoms with Crippen molar-refractivity contribution in [1.82, 2.24) is 0 Å². The van der Waals surface area contributed by atoms with E-state index in [9.17, 15) is 4.79 Å². The van der Waals surface area contributed by atoms with E-state index in [0.717, 1.165) is 19.6 Å². The van der Waals surface area contributed by atoms with Crippen LogP contribution in [0.4, 0.5) is 0 Å². The topological polar surface area (TPSA) is 70.8 Å². The van der Waals surface area contributed by atoms with E-state index in [1.165, 1.54) is 11.1 Å². The molecule has 126 valence electrons. The van der Waals surface area contributed by atoms with Crippen LogP contribution in [0.25, 0.3) is 0 Å². The average molecular weight is 327 g/mol. The number of hydrogen-bond acceptors (Lipinski definition) is 4. The monoisotopic (exact) mass is 327 g/mol. The fourth-order valence-corrected chi connectivity index (χ4v) is 2.65. The van der Waals surface area contributed by atoms with Crippen LogP contribution in [0.15, 0.2) is 42.5 Å². The van der Waals surface area contributed by atoms with E-state index in [4.69, 9.17) is 19.9 Å². The Hall–Kier alpha value is -2.53. The van der Waals surface area contributed by atoms with Crippen LogP contribution < -0.4 is 15.2 Å². The molecule has 5 heteroatoms. The molecule has 1 amide bonds. The molecule has 24 heavy (non-hydrogen) atoms. The normalized spacial score (nSPS) is 14.0. The lowest BCUT2D eigenvalue weighted by Gasteiger charge is -2.26. The van der Waals surface area contributed by atoms with Crippen molar-refractivity contribution < 1.29 is 19.0 Å². The van der Waals surface area contributed by atoms with Gasteiger partial charge >= 0.3 is 0 Å². The molecule has 0 saturated carbocycles. The van der Waals surface area contributed by atoms with Crippen molar-refractivity contribution in [2.45, 2.75) is 12.3 Å². The lowest BCUT2D eigenvalue weighted by molar-refractivity contribution is 0.00839. The van der Waals surface area contributed by atoms with Crippen molar-refractivity contribution in [1.29, 1.82) is 0 Å². The van der Waals surface area contributed by atoms with Gasteiger partial charge in [-0.05, 0) is 29.3 Å². The third-order valence-electron chi connectivity index (χ3n) is 4.16. The number of primary amides is 1. The third-order valence-corrected chi connectivity index (χ3v) is 4.16. The van der Waals surface area contributed by atoms with Crippen molar-refractivity contribution in [3.63, 3.8) is 0 Å². The maximum Gasteiger partial charge on any atom is 0.248 e. The lowest BCUT2D eigenvalue weighted by atomic mass is 9.95. The molecule has 3 rings (SSSR count). The molecule has 0 bridgehead atoms. The number of nitrogens with two attached hydrogens (primary N) is 1. The molecule has 1 heterocycles. The summed E-state index contributed by atoms with van der Waals surface area (Å²) in [6.45, 7) is 2.09. The molecule has 1 fully saturated rings. The first-order chi connectivity index (χ1) is 11.7. The third kappa shape index (κ3) is 3.68. The van der Waals surface area contributed by atoms with E-state index in [1.54, 1.807) is 25.3 Å². The van der Waals surface area contributed by atoms with E-state index in [2.05, 4.69) is 24.3 Å². The van der Waals surface area contributed by atoms with E-state index in [0.29, 0.717) is 29.6 Å². The molecule has 2 aromatic carbocycles. The zero-order valence-electron chi connectivity index (χ0n) is 13.7. The van der Waals surface area contributed by atoms with Gasteiger partial charge in [0.1, 0.15) is 0 Å². The van der Waals surface area contributed by atoms with Gasteiger partial charge in [0, 0.05) is 17.9 Å². The van der Waals surface area contributed by atoms with E-state index in [1.807, 2.05) is 0 Å². The number of benzene rings is 2. The minimum Gasteiger partial charge on any atom is -0.493 e. The number of amides is 1. The standard InChI is InChI=1S/C19H21NO4/c1-22-17-6-5-15(19(20)21)10-18(17)24-8-7-13-3-2-4-14(9-13)16-11-23-12-16/h2-6,9-10,16H,7-8,11-12H2,1H3,(H2,20,21). The number of rotatable bonds is 7. The van der Waals surface area contributed by atoms with Gasteiger partial charge in [0.2, 0.25) is 5.91 Å². The average Bonchev–Trinajstić information content (AvgIpc) is 2.53. The van der Waals surface area contributed by atoms with Crippen LogP contribution in [0.1, 0.15) is 27.4 Å². The van der Waals surface area contributed by atoms with E-state index in [-0.39, 0.29) is 0 Å². The Balaban J connectivity index is 1.63. The molecule has 1 saturated heterocycles. The van der Waals surface area contributed by atoms with E-state index < -0.39 is 5.91 Å². The summed E-state index contributed by atoms with van der Waals surface area (Å²) >= 11 is 0. The van der Waals surface area contributed by atoms with Gasteiger partial charge in [-0.25, -0.2) is 0 Å². The summed E-state index contributed by atoms with van der Waals surface area (Å²) in [7, 11) is 1.57. The summed E-state index contributed by atoms with van der Waals surface area (Å²) in [6, 6.07) is 13.4. The van der Waals surface area contributed by atoms with Gasteiger partial charge in [-0.1, -0.05) is 24.3 Å². The predicted molar refractivity (Wildman–Crippen MR) is 90.7 cm³/mol. The molecular weight excluding hydrogens is 306 g/mol. The van der Waals surface area contributed by atoms with Crippen LogP contribution in [-0.2, 0) is 11.2 Å². The molecule has 2 N–H and O–H groups in total. The zero-order valence-corrected chi connectivity index (χ0v) is 13.7. The molecule has 0 radical (unpaired) electrons. The molecule has 5 nitrogen and oxygen atoms in total. The fourth-order valence-electron chi connectivity index (χ4n) is 2.65. The molecule has 1 aliphatic rings. The first-order valence-electron chi connectivity index (χ1n) is 7.94. The van der Waals surface area contributed by atoms with Gasteiger partial charge in [0.25, 0.3) is 0 Å². The summed E-state index contributed by atoms with van der Waals surface area (Å²) in [5.41, 5.74) is 8.24. The highest BCUT2D eigenvalue weighted by Gasteiger charge is 2.20. The van der Waals surface area contributed by atoms with Crippen LogP contribution in [-0.4, -0.2) is 32.8 Å². The van der Waals surface area contributed by atoms with Crippen LogP contribution in [0, 0.1) is 0 Å². The summed E-state index contributed by atoms with van der Waals surface area (Å²) in [6.07, 6.45) is 0.769. The Morgan fingerprint density at radius 1 is 1.21 bits per heavy atom. The summed E-state index contributed by atoms with van der Waals surface area (Å²) in [4.78, 5) is 11.3. The molecule has 0 aromatic heterocycles. The smallest absolute Gasteiger partial charge is 0.248 e. The maximum atomic E-state index is 11.3. The van der Waals surface area contributed by atoms with Gasteiger partial charge in [-0.2, -0.15) is 0 Å². The van der Waals surface area contributed by atoms with Crippen LogP contribution in [0.3, 0.4) is 0 Å². The highest BCUT2D eigenvalue weighted by molar-refractivity contribution is 5.93. The lowest BCUT2D eigenvalue weighted by Crippen LogP contribution is -2.25. The molecule has 1 aliphatic heterocycles. The zero-order chi connectivity index (χ0) is 16.9. The van der Waals surface area contributed by atoms with Crippen molar-refractivity contribution in [2.75, 3.05) is 26.9 Å². The maximum absolute atomic E-state index is 11.3. The fraction of sp³-hybridized carbons (Fsp3) is 0.316. The number of carbonyl (C=O) groups excluding carboxylic acids is 1. The Labute approximate surface area is 141 Å². The number of ether oxygens (including phenoxy) is 3. The predicted octanol–water partition coefficient (Wildman–Crippen LogP) is 2.53. The highest BCUT2D eigenvalue weighted by Crippen LogP contribution is 2.28. The second kappa shape index (κ2) is 7.36. The minimum absolute atomic E-state index is 0.401. The summed E-state index contributed by atoms with van der Waals surface area (Å²) < 4.78 is 16.3. The van der Waals surface area contributed by atoms with Crippen LogP contribution in [0.5, 0.6) is 11.5 Å².